The van der Waals surface area contributed by atoms with Gasteiger partial charge in [0.1, 0.15) is 0 Å². The molecule has 1 aliphatic rings. The van der Waals surface area contributed by atoms with Crippen molar-refractivity contribution in [2.24, 2.45) is 16.8 Å². The quantitative estimate of drug-likeness (QED) is 0.367. The molecule has 0 spiro atoms. The lowest BCUT2D eigenvalue weighted by Crippen LogP contribution is -2.32. The minimum atomic E-state index is 0.101. The average molecular weight is 264 g/mol. The van der Waals surface area contributed by atoms with E-state index in [1.54, 1.807) is 18.5 Å². The maximum Gasteiger partial charge on any atom is 0.172 e. The van der Waals surface area contributed by atoms with E-state index in [4.69, 9.17) is 15.7 Å². The molecule has 0 amide bonds. The van der Waals surface area contributed by atoms with Gasteiger partial charge in [0.15, 0.2) is 5.84 Å². The SMILES string of the molecule is CN(CC1CCCOC1)c1cnccc1/C(N)=N/O. The van der Waals surface area contributed by atoms with Crippen molar-refractivity contribution >= 4 is 11.5 Å². The summed E-state index contributed by atoms with van der Waals surface area (Å²) in [6.45, 7) is 2.53. The normalized spacial score (nSPS) is 20.3. The molecular formula is C13H20N4O2. The average Bonchev–Trinajstić information content (AvgIpc) is 2.47. The molecule has 0 aliphatic carbocycles. The highest BCUT2D eigenvalue weighted by Crippen LogP contribution is 2.21. The van der Waals surface area contributed by atoms with Gasteiger partial charge in [-0.3, -0.25) is 4.98 Å². The summed E-state index contributed by atoms with van der Waals surface area (Å²) in [4.78, 5) is 6.19. The van der Waals surface area contributed by atoms with Crippen molar-refractivity contribution in [3.63, 3.8) is 0 Å². The fourth-order valence-electron chi connectivity index (χ4n) is 2.40. The zero-order valence-electron chi connectivity index (χ0n) is 11.1. The number of amidine groups is 1. The van der Waals surface area contributed by atoms with Gasteiger partial charge in [0.25, 0.3) is 0 Å². The van der Waals surface area contributed by atoms with Crippen LogP contribution in [0.2, 0.25) is 0 Å². The first-order chi connectivity index (χ1) is 9.22. The molecule has 19 heavy (non-hydrogen) atoms. The summed E-state index contributed by atoms with van der Waals surface area (Å²) in [6, 6.07) is 1.75. The van der Waals surface area contributed by atoms with E-state index >= 15 is 0 Å². The molecular weight excluding hydrogens is 244 g/mol. The van der Waals surface area contributed by atoms with Crippen LogP contribution in [0.4, 0.5) is 5.69 Å². The standard InChI is InChI=1S/C13H20N4O2/c1-17(8-10-3-2-6-19-9-10)12-7-15-5-4-11(12)13(14)16-18/h4-5,7,10,18H,2-3,6,8-9H2,1H3,(H2,14,16). The molecule has 2 heterocycles. The number of oxime groups is 1. The van der Waals surface area contributed by atoms with Crippen LogP contribution in [0.5, 0.6) is 0 Å². The lowest BCUT2D eigenvalue weighted by atomic mass is 10.0. The summed E-state index contributed by atoms with van der Waals surface area (Å²) in [5, 5.41) is 11.9. The minimum absolute atomic E-state index is 0.101. The smallest absolute Gasteiger partial charge is 0.172 e. The van der Waals surface area contributed by atoms with Crippen LogP contribution in [0.15, 0.2) is 23.6 Å². The molecule has 3 N–H and O–H groups in total. The molecule has 1 saturated heterocycles. The van der Waals surface area contributed by atoms with Gasteiger partial charge < -0.3 is 20.6 Å². The molecule has 1 aliphatic heterocycles. The second-order valence-electron chi connectivity index (χ2n) is 4.84. The van der Waals surface area contributed by atoms with E-state index in [2.05, 4.69) is 15.0 Å². The van der Waals surface area contributed by atoms with Gasteiger partial charge in [-0.05, 0) is 24.8 Å². The molecule has 1 fully saturated rings. The first kappa shape index (κ1) is 13.6. The molecule has 1 unspecified atom stereocenters. The van der Waals surface area contributed by atoms with Crippen LogP contribution in [0, 0.1) is 5.92 Å². The first-order valence-electron chi connectivity index (χ1n) is 6.43. The summed E-state index contributed by atoms with van der Waals surface area (Å²) in [6.07, 6.45) is 5.65. The van der Waals surface area contributed by atoms with Crippen molar-refractivity contribution < 1.29 is 9.94 Å². The van der Waals surface area contributed by atoms with Gasteiger partial charge in [0.05, 0.1) is 18.5 Å². The Morgan fingerprint density at radius 3 is 3.21 bits per heavy atom. The molecule has 0 radical (unpaired) electrons. The molecule has 6 heteroatoms. The Balaban J connectivity index is 2.11. The third-order valence-electron chi connectivity index (χ3n) is 3.38. The zero-order chi connectivity index (χ0) is 13.7. The highest BCUT2D eigenvalue weighted by molar-refractivity contribution is 6.01. The van der Waals surface area contributed by atoms with Crippen molar-refractivity contribution in [1.82, 2.24) is 4.98 Å². The molecule has 2 rings (SSSR count). The van der Waals surface area contributed by atoms with Gasteiger partial charge in [-0.15, -0.1) is 0 Å². The van der Waals surface area contributed by atoms with E-state index < -0.39 is 0 Å². The summed E-state index contributed by atoms with van der Waals surface area (Å²) < 4.78 is 5.49. The minimum Gasteiger partial charge on any atom is -0.409 e. The van der Waals surface area contributed by atoms with Crippen LogP contribution < -0.4 is 10.6 Å². The summed E-state index contributed by atoms with van der Waals surface area (Å²) >= 11 is 0. The predicted molar refractivity (Wildman–Crippen MR) is 73.6 cm³/mol. The van der Waals surface area contributed by atoms with Crippen molar-refractivity contribution in [2.75, 3.05) is 31.7 Å². The Labute approximate surface area is 112 Å². The van der Waals surface area contributed by atoms with Crippen LogP contribution in [0.1, 0.15) is 18.4 Å². The van der Waals surface area contributed by atoms with Gasteiger partial charge >= 0.3 is 0 Å². The van der Waals surface area contributed by atoms with Crippen molar-refractivity contribution in [3.05, 3.63) is 24.0 Å². The number of anilines is 1. The highest BCUT2D eigenvalue weighted by atomic mass is 16.5. The third-order valence-corrected chi connectivity index (χ3v) is 3.38. The summed E-state index contributed by atoms with van der Waals surface area (Å²) in [7, 11) is 1.99. The third kappa shape index (κ3) is 3.35. The Hall–Kier alpha value is -1.82. The molecule has 104 valence electrons. The number of nitrogens with two attached hydrogens (primary N) is 1. The Morgan fingerprint density at radius 2 is 2.53 bits per heavy atom. The second-order valence-corrected chi connectivity index (χ2v) is 4.84. The number of hydrogen-bond acceptors (Lipinski definition) is 5. The van der Waals surface area contributed by atoms with Crippen LogP contribution in [-0.4, -0.2) is 42.8 Å². The molecule has 1 aromatic rings. The molecule has 0 bridgehead atoms. The van der Waals surface area contributed by atoms with Crippen LogP contribution >= 0.6 is 0 Å². The Kier molecular flexibility index (Phi) is 4.57. The van der Waals surface area contributed by atoms with Crippen LogP contribution in [-0.2, 0) is 4.74 Å². The van der Waals surface area contributed by atoms with Crippen LogP contribution in [0.3, 0.4) is 0 Å². The Morgan fingerprint density at radius 1 is 1.68 bits per heavy atom. The fourth-order valence-corrected chi connectivity index (χ4v) is 2.40. The number of aromatic nitrogens is 1. The summed E-state index contributed by atoms with van der Waals surface area (Å²) in [5.74, 6) is 0.614. The maximum atomic E-state index is 8.82. The van der Waals surface area contributed by atoms with Gasteiger partial charge in [0, 0.05) is 32.0 Å². The highest BCUT2D eigenvalue weighted by Gasteiger charge is 2.18. The molecule has 1 aromatic heterocycles. The van der Waals surface area contributed by atoms with Gasteiger partial charge in [-0.1, -0.05) is 5.16 Å². The van der Waals surface area contributed by atoms with E-state index in [0.29, 0.717) is 11.5 Å². The number of rotatable bonds is 4. The van der Waals surface area contributed by atoms with Gasteiger partial charge in [0.2, 0.25) is 0 Å². The van der Waals surface area contributed by atoms with E-state index in [0.717, 1.165) is 31.9 Å². The van der Waals surface area contributed by atoms with Crippen molar-refractivity contribution in [2.45, 2.75) is 12.8 Å². The molecule has 0 saturated carbocycles. The largest absolute Gasteiger partial charge is 0.409 e. The first-order valence-corrected chi connectivity index (χ1v) is 6.43. The lowest BCUT2D eigenvalue weighted by molar-refractivity contribution is 0.0576. The van der Waals surface area contributed by atoms with Gasteiger partial charge in [-0.25, -0.2) is 0 Å². The number of nitrogens with zero attached hydrogens (tertiary/aromatic N) is 3. The second kappa shape index (κ2) is 6.38. The van der Waals surface area contributed by atoms with Crippen molar-refractivity contribution in [1.29, 1.82) is 0 Å². The monoisotopic (exact) mass is 264 g/mol. The van der Waals surface area contributed by atoms with E-state index in [1.165, 1.54) is 6.42 Å². The number of ether oxygens (including phenoxy) is 1. The topological polar surface area (TPSA) is 84.0 Å². The predicted octanol–water partition coefficient (Wildman–Crippen LogP) is 1.04. The number of hydrogen-bond donors (Lipinski definition) is 2. The lowest BCUT2D eigenvalue weighted by Gasteiger charge is -2.29. The fraction of sp³-hybridized carbons (Fsp3) is 0.538. The zero-order valence-corrected chi connectivity index (χ0v) is 11.1. The number of pyridine rings is 1. The Bertz CT molecular complexity index is 444. The summed E-state index contributed by atoms with van der Waals surface area (Å²) in [5.41, 5.74) is 7.24. The molecule has 6 nitrogen and oxygen atoms in total. The van der Waals surface area contributed by atoms with Gasteiger partial charge in [-0.2, -0.15) is 0 Å². The van der Waals surface area contributed by atoms with E-state index in [1.807, 2.05) is 7.05 Å². The maximum absolute atomic E-state index is 8.82. The van der Waals surface area contributed by atoms with Crippen molar-refractivity contribution in [3.8, 4) is 0 Å². The molecule has 0 aromatic carbocycles. The molecule has 1 atom stereocenters. The van der Waals surface area contributed by atoms with Crippen LogP contribution in [0.25, 0.3) is 0 Å². The van der Waals surface area contributed by atoms with E-state index in [9.17, 15) is 0 Å². The van der Waals surface area contributed by atoms with E-state index in [-0.39, 0.29) is 5.84 Å².